The number of carbonyl (C=O) groups is 3. The Balaban J connectivity index is 1.80. The van der Waals surface area contributed by atoms with E-state index >= 15 is 0 Å². The van der Waals surface area contributed by atoms with E-state index in [2.05, 4.69) is 26.6 Å². The Bertz CT molecular complexity index is 1060. The lowest BCUT2D eigenvalue weighted by Crippen LogP contribution is -2.38. The highest BCUT2D eigenvalue weighted by molar-refractivity contribution is 9.10. The number of hydrogen-bond donors (Lipinski definition) is 2. The minimum absolute atomic E-state index is 0.0443. The maximum absolute atomic E-state index is 13.7. The van der Waals surface area contributed by atoms with Crippen LogP contribution in [0.5, 0.6) is 11.5 Å². The number of imide groups is 1. The molecule has 30 heavy (non-hydrogen) atoms. The molecule has 4 amide bonds. The van der Waals surface area contributed by atoms with Crippen molar-refractivity contribution in [2.24, 2.45) is 0 Å². The lowest BCUT2D eigenvalue weighted by atomic mass is 10.1. The second-order valence-corrected chi connectivity index (χ2v) is 7.05. The van der Waals surface area contributed by atoms with Crippen LogP contribution in [0, 0.1) is 5.82 Å². The van der Waals surface area contributed by atoms with Crippen LogP contribution in [0.3, 0.4) is 0 Å². The van der Waals surface area contributed by atoms with Crippen molar-refractivity contribution >= 4 is 45.5 Å². The summed E-state index contributed by atoms with van der Waals surface area (Å²) in [6, 6.07) is 8.19. The largest absolute Gasteiger partial charge is 0.493 e. The van der Waals surface area contributed by atoms with Crippen LogP contribution in [0.4, 0.5) is 14.9 Å². The lowest BCUT2D eigenvalue weighted by Gasteiger charge is -2.12. The van der Waals surface area contributed by atoms with Crippen LogP contribution in [0.1, 0.15) is 5.56 Å². The van der Waals surface area contributed by atoms with Gasteiger partial charge in [-0.15, -0.1) is 0 Å². The summed E-state index contributed by atoms with van der Waals surface area (Å²) in [6.45, 7) is -0.574. The number of amides is 4. The molecular formula is C20H17BrFN3O5. The third kappa shape index (κ3) is 4.43. The fourth-order valence-corrected chi connectivity index (χ4v) is 3.29. The third-order valence-electron chi connectivity index (χ3n) is 4.18. The van der Waals surface area contributed by atoms with Gasteiger partial charge in [0.1, 0.15) is 18.1 Å². The first-order chi connectivity index (χ1) is 14.3. The zero-order chi connectivity index (χ0) is 21.8. The number of halogens is 2. The predicted octanol–water partition coefficient (Wildman–Crippen LogP) is 3.14. The molecule has 0 spiro atoms. The Hall–Kier alpha value is -3.40. The molecule has 8 nitrogen and oxygen atoms in total. The smallest absolute Gasteiger partial charge is 0.329 e. The molecular weight excluding hydrogens is 461 g/mol. The number of nitrogens with zero attached hydrogens (tertiary/aromatic N) is 1. The average Bonchev–Trinajstić information content (AvgIpc) is 2.96. The van der Waals surface area contributed by atoms with Crippen molar-refractivity contribution in [2.45, 2.75) is 0 Å². The monoisotopic (exact) mass is 477 g/mol. The van der Waals surface area contributed by atoms with E-state index in [0.29, 0.717) is 21.5 Å². The van der Waals surface area contributed by atoms with E-state index in [9.17, 15) is 18.8 Å². The molecule has 1 saturated heterocycles. The third-order valence-corrected chi connectivity index (χ3v) is 4.64. The molecule has 0 radical (unpaired) electrons. The van der Waals surface area contributed by atoms with Gasteiger partial charge in [0.15, 0.2) is 11.5 Å². The van der Waals surface area contributed by atoms with E-state index in [1.807, 2.05) is 0 Å². The number of hydrogen-bond acceptors (Lipinski definition) is 5. The summed E-state index contributed by atoms with van der Waals surface area (Å²) in [5.41, 5.74) is 0.387. The highest BCUT2D eigenvalue weighted by Crippen LogP contribution is 2.36. The van der Waals surface area contributed by atoms with Gasteiger partial charge < -0.3 is 20.1 Å². The van der Waals surface area contributed by atoms with Gasteiger partial charge in [0, 0.05) is 10.0 Å². The maximum Gasteiger partial charge on any atom is 0.329 e. The SMILES string of the molecule is COc1cc(Br)cc(/C=C2/NC(=O)N(CC(=O)Nc3ccccc3F)C2=O)c1OC. The number of nitrogens with one attached hydrogen (secondary N) is 2. The van der Waals surface area contributed by atoms with Gasteiger partial charge >= 0.3 is 6.03 Å². The van der Waals surface area contributed by atoms with Crippen LogP contribution in [0.2, 0.25) is 0 Å². The van der Waals surface area contributed by atoms with Crippen molar-refractivity contribution in [3.05, 3.63) is 57.9 Å². The number of rotatable bonds is 6. The minimum Gasteiger partial charge on any atom is -0.493 e. The summed E-state index contributed by atoms with van der Waals surface area (Å²) in [5, 5.41) is 4.76. The number of carbonyl (C=O) groups excluding carboxylic acids is 3. The molecule has 1 heterocycles. The highest BCUT2D eigenvalue weighted by Gasteiger charge is 2.35. The van der Waals surface area contributed by atoms with Crippen LogP contribution >= 0.6 is 15.9 Å². The Morgan fingerprint density at radius 2 is 1.97 bits per heavy atom. The molecule has 1 fully saturated rings. The standard InChI is InChI=1S/C20H17BrFN3O5/c1-29-16-9-12(21)7-11(18(16)30-2)8-15-19(27)25(20(28)24-15)10-17(26)23-14-6-4-3-5-13(14)22/h3-9H,10H2,1-2H3,(H,23,26)(H,24,28)/b15-8+. The fraction of sp³-hybridized carbons (Fsp3) is 0.150. The van der Waals surface area contributed by atoms with Crippen LogP contribution in [-0.2, 0) is 9.59 Å². The average molecular weight is 478 g/mol. The second-order valence-electron chi connectivity index (χ2n) is 6.14. The molecule has 0 bridgehead atoms. The fourth-order valence-electron chi connectivity index (χ4n) is 2.83. The van der Waals surface area contributed by atoms with Gasteiger partial charge in [0.2, 0.25) is 5.91 Å². The molecule has 0 unspecified atom stereocenters. The van der Waals surface area contributed by atoms with E-state index in [0.717, 1.165) is 4.90 Å². The van der Waals surface area contributed by atoms with Gasteiger partial charge in [0.05, 0.1) is 19.9 Å². The van der Waals surface area contributed by atoms with Crippen LogP contribution < -0.4 is 20.1 Å². The maximum atomic E-state index is 13.7. The molecule has 0 aromatic heterocycles. The summed E-state index contributed by atoms with van der Waals surface area (Å²) >= 11 is 3.34. The van der Waals surface area contributed by atoms with Gasteiger partial charge in [-0.3, -0.25) is 9.59 Å². The summed E-state index contributed by atoms with van der Waals surface area (Å²) in [7, 11) is 2.92. The van der Waals surface area contributed by atoms with Crippen molar-refractivity contribution in [3.63, 3.8) is 0 Å². The van der Waals surface area contributed by atoms with Gasteiger partial charge in [-0.1, -0.05) is 28.1 Å². The van der Waals surface area contributed by atoms with Crippen LogP contribution in [-0.4, -0.2) is 43.5 Å². The molecule has 1 aliphatic heterocycles. The zero-order valence-corrected chi connectivity index (χ0v) is 17.6. The first kappa shape index (κ1) is 21.3. The Kier molecular flexibility index (Phi) is 6.36. The van der Waals surface area contributed by atoms with Gasteiger partial charge in [-0.25, -0.2) is 14.1 Å². The molecule has 1 aliphatic rings. The Morgan fingerprint density at radius 1 is 1.23 bits per heavy atom. The van der Waals surface area contributed by atoms with E-state index in [-0.39, 0.29) is 11.4 Å². The molecule has 3 rings (SSSR count). The Morgan fingerprint density at radius 3 is 2.63 bits per heavy atom. The molecule has 0 aliphatic carbocycles. The summed E-state index contributed by atoms with van der Waals surface area (Å²) < 4.78 is 24.9. The van der Waals surface area contributed by atoms with Gasteiger partial charge in [-0.2, -0.15) is 0 Å². The van der Waals surface area contributed by atoms with Crippen LogP contribution in [0.15, 0.2) is 46.6 Å². The molecule has 2 N–H and O–H groups in total. The van der Waals surface area contributed by atoms with E-state index in [1.54, 1.807) is 18.2 Å². The first-order valence-electron chi connectivity index (χ1n) is 8.64. The van der Waals surface area contributed by atoms with E-state index < -0.39 is 30.2 Å². The molecule has 2 aromatic rings. The van der Waals surface area contributed by atoms with E-state index in [4.69, 9.17) is 9.47 Å². The number of urea groups is 1. The predicted molar refractivity (Wildman–Crippen MR) is 110 cm³/mol. The second kappa shape index (κ2) is 8.95. The normalized spacial score (nSPS) is 14.7. The minimum atomic E-state index is -0.768. The molecule has 0 atom stereocenters. The van der Waals surface area contributed by atoms with Crippen molar-refractivity contribution in [3.8, 4) is 11.5 Å². The van der Waals surface area contributed by atoms with Gasteiger partial charge in [0.25, 0.3) is 5.91 Å². The van der Waals surface area contributed by atoms with Crippen molar-refractivity contribution in [1.29, 1.82) is 0 Å². The number of ether oxygens (including phenoxy) is 2. The van der Waals surface area contributed by atoms with Crippen molar-refractivity contribution < 1.29 is 28.2 Å². The number of para-hydroxylation sites is 1. The van der Waals surface area contributed by atoms with Crippen LogP contribution in [0.25, 0.3) is 6.08 Å². The number of benzene rings is 2. The summed E-state index contributed by atoms with van der Waals surface area (Å²) in [4.78, 5) is 37.8. The zero-order valence-electron chi connectivity index (χ0n) is 16.0. The highest BCUT2D eigenvalue weighted by atomic mass is 79.9. The van der Waals surface area contributed by atoms with Crippen molar-refractivity contribution in [2.75, 3.05) is 26.1 Å². The molecule has 10 heteroatoms. The molecule has 156 valence electrons. The first-order valence-corrected chi connectivity index (χ1v) is 9.43. The summed E-state index contributed by atoms with van der Waals surface area (Å²) in [5.74, 6) is -1.25. The lowest BCUT2D eigenvalue weighted by molar-refractivity contribution is -0.127. The Labute approximate surface area is 179 Å². The van der Waals surface area contributed by atoms with Crippen molar-refractivity contribution in [1.82, 2.24) is 10.2 Å². The summed E-state index contributed by atoms with van der Waals surface area (Å²) in [6.07, 6.45) is 1.42. The number of methoxy groups -OCH3 is 2. The van der Waals surface area contributed by atoms with E-state index in [1.165, 1.54) is 38.5 Å². The molecule has 2 aromatic carbocycles. The topological polar surface area (TPSA) is 97.0 Å². The quantitative estimate of drug-likeness (QED) is 0.492. The van der Waals surface area contributed by atoms with Gasteiger partial charge in [-0.05, 0) is 30.3 Å². The number of anilines is 1. The molecule has 0 saturated carbocycles.